The van der Waals surface area contributed by atoms with E-state index in [9.17, 15) is 19.0 Å². The number of rotatable bonds is 55. The molecule has 9 nitrogen and oxygen atoms in total. The second kappa shape index (κ2) is 55.3. The van der Waals surface area contributed by atoms with Gasteiger partial charge in [0.25, 0.3) is 0 Å². The highest BCUT2D eigenvalue weighted by Gasteiger charge is 2.30. The number of likely N-dealkylation sites (N-methyl/N-ethyl adjacent to an activating group) is 1. The predicted octanol–water partition coefficient (Wildman–Crippen LogP) is 19.2. The Morgan fingerprint density at radius 1 is 0.474 bits per heavy atom. The number of nitrogens with zero attached hydrogens (tertiary/aromatic N) is 1. The number of hydrogen-bond donors (Lipinski definition) is 2. The highest BCUT2D eigenvalue weighted by Crippen LogP contribution is 2.43. The first-order valence-electron chi connectivity index (χ1n) is 31.1. The third-order valence-electron chi connectivity index (χ3n) is 13.3. The third-order valence-corrected chi connectivity index (χ3v) is 14.2. The van der Waals surface area contributed by atoms with Crippen molar-refractivity contribution >= 4 is 19.7 Å². The quantitative estimate of drug-likeness (QED) is 0.0205. The van der Waals surface area contributed by atoms with Gasteiger partial charge in [0, 0.05) is 12.8 Å². The van der Waals surface area contributed by atoms with Gasteiger partial charge in [-0.2, -0.15) is 0 Å². The fourth-order valence-corrected chi connectivity index (χ4v) is 9.20. The van der Waals surface area contributed by atoms with Crippen LogP contribution in [0.5, 0.6) is 0 Å². The van der Waals surface area contributed by atoms with Gasteiger partial charge in [0.05, 0.1) is 33.8 Å². The van der Waals surface area contributed by atoms with E-state index >= 15 is 0 Å². The topological polar surface area (TPSA) is 111 Å². The first-order chi connectivity index (χ1) is 36.9. The van der Waals surface area contributed by atoms with Gasteiger partial charge in [0.15, 0.2) is 0 Å². The third kappa shape index (κ3) is 55.7. The maximum Gasteiger partial charge on any atom is 0.472 e. The average molecular weight is 1080 g/mol. The average Bonchev–Trinajstić information content (AvgIpc) is 3.38. The largest absolute Gasteiger partial charge is 0.472 e. The number of ether oxygens (including phenoxy) is 1. The zero-order chi connectivity index (χ0) is 55.7. The molecule has 0 aliphatic heterocycles. The van der Waals surface area contributed by atoms with Crippen LogP contribution in [-0.4, -0.2) is 74.3 Å². The van der Waals surface area contributed by atoms with Gasteiger partial charge in [-0.1, -0.05) is 234 Å². The van der Waals surface area contributed by atoms with Crippen LogP contribution in [0.4, 0.5) is 0 Å². The molecule has 0 fully saturated rings. The Kier molecular flexibility index (Phi) is 53.0. The molecular weight excluding hydrogens is 964 g/mol. The van der Waals surface area contributed by atoms with E-state index in [0.29, 0.717) is 23.9 Å². The number of carbonyl (C=O) groups is 2. The molecule has 0 rings (SSSR count). The van der Waals surface area contributed by atoms with Crippen molar-refractivity contribution in [1.29, 1.82) is 0 Å². The molecule has 1 amide bonds. The number of carbonyl (C=O) groups excluding carboxylic acids is 2. The van der Waals surface area contributed by atoms with Crippen molar-refractivity contribution in [1.82, 2.24) is 5.32 Å². The summed E-state index contributed by atoms with van der Waals surface area (Å²) in [6, 6.07) is -0.869. The van der Waals surface area contributed by atoms with Crippen molar-refractivity contribution in [3.8, 4) is 0 Å². The first kappa shape index (κ1) is 72.9. The molecule has 10 heteroatoms. The monoisotopic (exact) mass is 1080 g/mol. The van der Waals surface area contributed by atoms with Crippen molar-refractivity contribution in [2.75, 3.05) is 40.9 Å². The van der Waals surface area contributed by atoms with E-state index in [1.807, 2.05) is 33.3 Å². The molecule has 0 aliphatic rings. The molecule has 0 aromatic rings. The molecule has 0 radical (unpaired) electrons. The Labute approximate surface area is 468 Å². The zero-order valence-corrected chi connectivity index (χ0v) is 50.9. The maximum atomic E-state index is 13.5. The summed E-state index contributed by atoms with van der Waals surface area (Å²) < 4.78 is 30.7. The lowest BCUT2D eigenvalue weighted by molar-refractivity contribution is -0.870. The van der Waals surface area contributed by atoms with E-state index in [1.165, 1.54) is 103 Å². The van der Waals surface area contributed by atoms with Crippen LogP contribution in [0.1, 0.15) is 258 Å². The molecule has 0 aliphatic carbocycles. The van der Waals surface area contributed by atoms with Crippen LogP contribution < -0.4 is 5.32 Å². The van der Waals surface area contributed by atoms with Gasteiger partial charge < -0.3 is 19.4 Å². The van der Waals surface area contributed by atoms with Crippen molar-refractivity contribution in [3.63, 3.8) is 0 Å². The number of amides is 1. The van der Waals surface area contributed by atoms with Gasteiger partial charge in [-0.05, 0) is 109 Å². The smallest absolute Gasteiger partial charge is 0.456 e. The molecule has 0 aromatic carbocycles. The number of esters is 1. The summed E-state index contributed by atoms with van der Waals surface area (Å²) in [6.07, 6.45) is 74.0. The second-order valence-corrected chi connectivity index (χ2v) is 23.3. The van der Waals surface area contributed by atoms with Crippen LogP contribution in [0.15, 0.2) is 97.2 Å². The Morgan fingerprint density at radius 3 is 1.29 bits per heavy atom. The van der Waals surface area contributed by atoms with E-state index in [0.717, 1.165) is 116 Å². The van der Waals surface area contributed by atoms with Crippen LogP contribution in [-0.2, 0) is 27.9 Å². The van der Waals surface area contributed by atoms with Crippen molar-refractivity contribution in [3.05, 3.63) is 97.2 Å². The van der Waals surface area contributed by atoms with Crippen molar-refractivity contribution < 1.29 is 37.3 Å². The normalized spacial score (nSPS) is 14.4. The van der Waals surface area contributed by atoms with Crippen LogP contribution in [0.25, 0.3) is 0 Å². The summed E-state index contributed by atoms with van der Waals surface area (Å²) in [7, 11) is 1.46. The van der Waals surface area contributed by atoms with Gasteiger partial charge >= 0.3 is 13.8 Å². The minimum Gasteiger partial charge on any atom is -0.456 e. The fraction of sp³-hybridized carbons (Fsp3) is 0.727. The number of quaternary nitrogens is 1. The highest BCUT2D eigenvalue weighted by atomic mass is 31.2. The van der Waals surface area contributed by atoms with Gasteiger partial charge in [0.2, 0.25) is 5.91 Å². The van der Waals surface area contributed by atoms with E-state index in [1.54, 1.807) is 0 Å². The molecular formula is C66H118N2O7P+. The summed E-state index contributed by atoms with van der Waals surface area (Å²) in [5.41, 5.74) is 0. The van der Waals surface area contributed by atoms with Crippen LogP contribution >= 0.6 is 7.82 Å². The lowest BCUT2D eigenvalue weighted by atomic mass is 10.0. The standard InChI is InChI=1S/C66H117N2O7P/c1-7-10-13-16-19-22-25-28-30-31-32-33-34-35-36-37-39-40-43-46-49-52-55-58-65(69)67-63(62-74-76(71,72)73-61-60-68(4,5)6)64(57-54-51-48-45-42-27-24-21-18-15-12-9-3)75-66(70)59-56-53-50-47-44-41-38-29-26-23-20-17-14-11-8-2/h10,13,19,22-23,26,28,30,32-33,35-36,39-40,54,57,63-64H,7-9,11-12,14-18,20-21,24-25,27,29,31,34,37-38,41-53,55-56,58-62H2,1-6H3,(H-,67,69,71,72)/p+1/b13-10-,22-19-,26-23-,30-28-,33-32-,36-35-,40-39-,57-54-. The highest BCUT2D eigenvalue weighted by molar-refractivity contribution is 7.47. The van der Waals surface area contributed by atoms with E-state index in [4.69, 9.17) is 13.8 Å². The molecule has 0 bridgehead atoms. The summed E-state index contributed by atoms with van der Waals surface area (Å²) >= 11 is 0. The molecule has 3 atom stereocenters. The number of unbranched alkanes of at least 4 members (excludes halogenated alkanes) is 25. The first-order valence-corrected chi connectivity index (χ1v) is 32.6. The maximum absolute atomic E-state index is 13.5. The summed E-state index contributed by atoms with van der Waals surface area (Å²) in [4.78, 5) is 37.7. The van der Waals surface area contributed by atoms with E-state index < -0.39 is 20.0 Å². The van der Waals surface area contributed by atoms with Gasteiger partial charge in [-0.3, -0.25) is 18.6 Å². The van der Waals surface area contributed by atoms with Gasteiger partial charge in [0.1, 0.15) is 19.3 Å². The molecule has 0 heterocycles. The summed E-state index contributed by atoms with van der Waals surface area (Å²) in [5, 5.41) is 3.04. The van der Waals surface area contributed by atoms with Crippen LogP contribution in [0, 0.1) is 0 Å². The molecule has 0 saturated heterocycles. The lowest BCUT2D eigenvalue weighted by Crippen LogP contribution is -2.47. The zero-order valence-electron chi connectivity index (χ0n) is 50.0. The number of hydrogen-bond acceptors (Lipinski definition) is 6. The number of phosphoric acid groups is 1. The van der Waals surface area contributed by atoms with E-state index in [2.05, 4.69) is 111 Å². The number of nitrogens with one attached hydrogen (secondary N) is 1. The molecule has 76 heavy (non-hydrogen) atoms. The minimum absolute atomic E-state index is 0.0299. The Morgan fingerprint density at radius 2 is 0.842 bits per heavy atom. The SMILES string of the molecule is CC/C=C\C/C=C\C/C=C\C/C=C\C/C=C\C/C=C\CCCCCCC(=O)NC(COP(=O)(O)OCC[N+](C)(C)C)C(/C=C\CCCCCCCCCCCC)OC(=O)CCCCCCCCC/C=C\CCCCCC. The van der Waals surface area contributed by atoms with Gasteiger partial charge in [-0.15, -0.1) is 0 Å². The second-order valence-electron chi connectivity index (χ2n) is 21.8. The molecule has 0 saturated carbocycles. The molecule has 3 unspecified atom stereocenters. The lowest BCUT2D eigenvalue weighted by Gasteiger charge is -2.27. The molecule has 0 aromatic heterocycles. The molecule has 2 N–H and O–H groups in total. The van der Waals surface area contributed by atoms with Gasteiger partial charge in [-0.25, -0.2) is 4.57 Å². The Balaban J connectivity index is 5.30. The number of allylic oxidation sites excluding steroid dienone is 15. The number of phosphoric ester groups is 1. The summed E-state index contributed by atoms with van der Waals surface area (Å²) in [5.74, 6) is -0.542. The van der Waals surface area contributed by atoms with Crippen LogP contribution in [0.2, 0.25) is 0 Å². The molecule has 438 valence electrons. The van der Waals surface area contributed by atoms with Crippen molar-refractivity contribution in [2.24, 2.45) is 0 Å². The Bertz CT molecular complexity index is 1620. The minimum atomic E-state index is -4.46. The predicted molar refractivity (Wildman–Crippen MR) is 327 cm³/mol. The van der Waals surface area contributed by atoms with Crippen molar-refractivity contribution in [2.45, 2.75) is 270 Å². The van der Waals surface area contributed by atoms with Crippen LogP contribution in [0.3, 0.4) is 0 Å². The molecule has 0 spiro atoms. The summed E-state index contributed by atoms with van der Waals surface area (Å²) in [6.45, 7) is 6.86. The Hall–Kier alpha value is -3.07. The van der Waals surface area contributed by atoms with E-state index in [-0.39, 0.29) is 31.5 Å². The fourth-order valence-electron chi connectivity index (χ4n) is 8.47.